The molecule has 0 saturated carbocycles. The van der Waals surface area contributed by atoms with E-state index in [2.05, 4.69) is 43.3 Å². The van der Waals surface area contributed by atoms with Crippen molar-refractivity contribution in [2.75, 3.05) is 0 Å². The zero-order valence-corrected chi connectivity index (χ0v) is 13.4. The van der Waals surface area contributed by atoms with Gasteiger partial charge in [-0.15, -0.1) is 11.3 Å². The van der Waals surface area contributed by atoms with Gasteiger partial charge in [0.05, 0.1) is 0 Å². The second kappa shape index (κ2) is 4.96. The SMILES string of the molecule is NC1CC(c2cc(Br)cs2)Oc2ccc(Br)cc21. The first-order valence-electron chi connectivity index (χ1n) is 5.59. The average molecular weight is 389 g/mol. The molecule has 18 heavy (non-hydrogen) atoms. The Hall–Kier alpha value is -0.360. The van der Waals surface area contributed by atoms with Crippen LogP contribution in [-0.4, -0.2) is 0 Å². The van der Waals surface area contributed by atoms with Crippen molar-refractivity contribution in [1.82, 2.24) is 0 Å². The Morgan fingerprint density at radius 2 is 2.06 bits per heavy atom. The molecule has 0 saturated heterocycles. The van der Waals surface area contributed by atoms with Gasteiger partial charge in [0.25, 0.3) is 0 Å². The van der Waals surface area contributed by atoms with Crippen LogP contribution >= 0.6 is 43.2 Å². The maximum absolute atomic E-state index is 6.24. The zero-order chi connectivity index (χ0) is 12.7. The first kappa shape index (κ1) is 12.7. The Balaban J connectivity index is 1.94. The van der Waals surface area contributed by atoms with Crippen LogP contribution in [0.4, 0.5) is 0 Å². The Morgan fingerprint density at radius 3 is 2.78 bits per heavy atom. The molecular weight excluding hydrogens is 378 g/mol. The fraction of sp³-hybridized carbons (Fsp3) is 0.231. The molecule has 0 spiro atoms. The van der Waals surface area contributed by atoms with E-state index in [9.17, 15) is 0 Å². The third-order valence-corrected chi connectivity index (χ3v) is 5.29. The van der Waals surface area contributed by atoms with Gasteiger partial charge in [0, 0.05) is 37.2 Å². The molecule has 5 heteroatoms. The molecule has 1 aliphatic rings. The Morgan fingerprint density at radius 1 is 1.22 bits per heavy atom. The second-order valence-corrected chi connectivity index (χ2v) is 7.07. The summed E-state index contributed by atoms with van der Waals surface area (Å²) in [5, 5.41) is 2.07. The highest BCUT2D eigenvalue weighted by Gasteiger charge is 2.28. The summed E-state index contributed by atoms with van der Waals surface area (Å²) in [6.07, 6.45) is 0.876. The van der Waals surface area contributed by atoms with Crippen molar-refractivity contribution in [2.45, 2.75) is 18.6 Å². The van der Waals surface area contributed by atoms with Gasteiger partial charge in [0.15, 0.2) is 0 Å². The molecule has 2 nitrogen and oxygen atoms in total. The topological polar surface area (TPSA) is 35.2 Å². The van der Waals surface area contributed by atoms with Crippen LogP contribution < -0.4 is 10.5 Å². The third kappa shape index (κ3) is 2.37. The predicted octanol–water partition coefficient (Wildman–Crippen LogP) is 4.80. The Kier molecular flexibility index (Phi) is 3.49. The lowest BCUT2D eigenvalue weighted by molar-refractivity contribution is 0.165. The number of hydrogen-bond donors (Lipinski definition) is 1. The quantitative estimate of drug-likeness (QED) is 0.761. The number of halogens is 2. The van der Waals surface area contributed by atoms with E-state index >= 15 is 0 Å². The van der Waals surface area contributed by atoms with E-state index in [0.29, 0.717) is 0 Å². The molecule has 0 amide bonds. The maximum Gasteiger partial charge on any atom is 0.135 e. The highest BCUT2D eigenvalue weighted by Crippen LogP contribution is 2.42. The van der Waals surface area contributed by atoms with E-state index in [1.807, 2.05) is 18.2 Å². The minimum absolute atomic E-state index is 0.0251. The van der Waals surface area contributed by atoms with E-state index in [4.69, 9.17) is 10.5 Å². The van der Waals surface area contributed by atoms with Crippen molar-refractivity contribution in [3.05, 3.63) is 49.0 Å². The Labute approximate surface area is 126 Å². The second-order valence-electron chi connectivity index (χ2n) is 4.30. The normalized spacial score (nSPS) is 22.4. The molecule has 1 aromatic carbocycles. The largest absolute Gasteiger partial charge is 0.484 e. The molecule has 0 radical (unpaired) electrons. The van der Waals surface area contributed by atoms with Crippen LogP contribution in [0, 0.1) is 0 Å². The van der Waals surface area contributed by atoms with E-state index in [-0.39, 0.29) is 12.1 Å². The van der Waals surface area contributed by atoms with Crippen LogP contribution in [0.15, 0.2) is 38.6 Å². The highest BCUT2D eigenvalue weighted by atomic mass is 79.9. The summed E-state index contributed by atoms with van der Waals surface area (Å²) in [5.41, 5.74) is 7.32. The van der Waals surface area contributed by atoms with Crippen molar-refractivity contribution in [2.24, 2.45) is 5.73 Å². The van der Waals surface area contributed by atoms with E-state index in [0.717, 1.165) is 26.7 Å². The summed E-state index contributed by atoms with van der Waals surface area (Å²) in [7, 11) is 0. The summed E-state index contributed by atoms with van der Waals surface area (Å²) in [6, 6.07) is 8.14. The average Bonchev–Trinajstić information content (AvgIpc) is 2.77. The lowest BCUT2D eigenvalue weighted by atomic mass is 9.97. The number of fused-ring (bicyclic) bond motifs is 1. The number of nitrogens with two attached hydrogens (primary N) is 1. The summed E-state index contributed by atoms with van der Waals surface area (Å²) >= 11 is 8.64. The van der Waals surface area contributed by atoms with Gasteiger partial charge in [-0.25, -0.2) is 0 Å². The minimum Gasteiger partial charge on any atom is -0.484 e. The van der Waals surface area contributed by atoms with E-state index in [1.54, 1.807) is 11.3 Å². The van der Waals surface area contributed by atoms with Crippen molar-refractivity contribution >= 4 is 43.2 Å². The minimum atomic E-state index is 0.0251. The summed E-state index contributed by atoms with van der Waals surface area (Å²) in [5.74, 6) is 0.895. The fourth-order valence-electron chi connectivity index (χ4n) is 2.15. The maximum atomic E-state index is 6.24. The lowest BCUT2D eigenvalue weighted by Gasteiger charge is -2.29. The van der Waals surface area contributed by atoms with Crippen molar-refractivity contribution in [3.63, 3.8) is 0 Å². The molecular formula is C13H11Br2NOS. The van der Waals surface area contributed by atoms with Gasteiger partial charge >= 0.3 is 0 Å². The number of thiophene rings is 1. The van der Waals surface area contributed by atoms with Crippen LogP contribution in [-0.2, 0) is 0 Å². The summed E-state index contributed by atoms with van der Waals surface area (Å²) in [4.78, 5) is 1.21. The van der Waals surface area contributed by atoms with Crippen LogP contribution in [0.25, 0.3) is 0 Å². The van der Waals surface area contributed by atoms with Gasteiger partial charge in [-0.05, 0) is 40.2 Å². The fourth-order valence-corrected chi connectivity index (χ4v) is 4.01. The summed E-state index contributed by atoms with van der Waals surface area (Å²) in [6.45, 7) is 0. The van der Waals surface area contributed by atoms with Gasteiger partial charge in [0.2, 0.25) is 0 Å². The molecule has 0 aliphatic carbocycles. The molecule has 2 heterocycles. The summed E-state index contributed by atoms with van der Waals surface area (Å²) < 4.78 is 8.18. The Bertz CT molecular complexity index is 584. The van der Waals surface area contributed by atoms with Gasteiger partial charge < -0.3 is 10.5 Å². The highest BCUT2D eigenvalue weighted by molar-refractivity contribution is 9.10. The molecule has 2 atom stereocenters. The first-order valence-corrected chi connectivity index (χ1v) is 8.05. The van der Waals surface area contributed by atoms with Crippen molar-refractivity contribution in [3.8, 4) is 5.75 Å². The number of rotatable bonds is 1. The predicted molar refractivity (Wildman–Crippen MR) is 81.1 cm³/mol. The van der Waals surface area contributed by atoms with Crippen LogP contribution in [0.1, 0.15) is 29.0 Å². The van der Waals surface area contributed by atoms with Crippen LogP contribution in [0.3, 0.4) is 0 Å². The van der Waals surface area contributed by atoms with Gasteiger partial charge in [-0.3, -0.25) is 0 Å². The molecule has 0 bridgehead atoms. The number of benzene rings is 1. The lowest BCUT2D eigenvalue weighted by Crippen LogP contribution is -2.23. The molecule has 2 unspecified atom stereocenters. The van der Waals surface area contributed by atoms with Crippen LogP contribution in [0.5, 0.6) is 5.75 Å². The van der Waals surface area contributed by atoms with E-state index in [1.165, 1.54) is 4.88 Å². The zero-order valence-electron chi connectivity index (χ0n) is 9.40. The van der Waals surface area contributed by atoms with Gasteiger partial charge in [0.1, 0.15) is 11.9 Å². The standard InChI is InChI=1S/C13H11Br2NOS/c14-7-1-2-11-9(3-7)10(16)5-12(17-11)13-4-8(15)6-18-13/h1-4,6,10,12H,5,16H2. The third-order valence-electron chi connectivity index (χ3n) is 3.01. The molecule has 0 fully saturated rings. The molecule has 1 aliphatic heterocycles. The number of ether oxygens (including phenoxy) is 1. The smallest absolute Gasteiger partial charge is 0.135 e. The molecule has 1 aromatic heterocycles. The van der Waals surface area contributed by atoms with Gasteiger partial charge in [-0.1, -0.05) is 15.9 Å². The first-order chi connectivity index (χ1) is 8.63. The molecule has 3 rings (SSSR count). The number of hydrogen-bond acceptors (Lipinski definition) is 3. The van der Waals surface area contributed by atoms with E-state index < -0.39 is 0 Å². The van der Waals surface area contributed by atoms with Crippen molar-refractivity contribution < 1.29 is 4.74 Å². The molecule has 94 valence electrons. The molecule has 2 aromatic rings. The van der Waals surface area contributed by atoms with Crippen molar-refractivity contribution in [1.29, 1.82) is 0 Å². The molecule has 2 N–H and O–H groups in total. The van der Waals surface area contributed by atoms with Gasteiger partial charge in [-0.2, -0.15) is 0 Å². The van der Waals surface area contributed by atoms with Crippen LogP contribution in [0.2, 0.25) is 0 Å². The monoisotopic (exact) mass is 387 g/mol.